The van der Waals surface area contributed by atoms with E-state index in [0.717, 1.165) is 10.4 Å². The van der Waals surface area contributed by atoms with Gasteiger partial charge in [-0.2, -0.15) is 0 Å². The van der Waals surface area contributed by atoms with E-state index in [2.05, 4.69) is 11.8 Å². The lowest BCUT2D eigenvalue weighted by Crippen LogP contribution is -1.95. The van der Waals surface area contributed by atoms with E-state index in [4.69, 9.17) is 5.73 Å². The molecule has 68 valence electrons. The van der Waals surface area contributed by atoms with E-state index in [1.807, 2.05) is 11.4 Å². The summed E-state index contributed by atoms with van der Waals surface area (Å²) in [5.41, 5.74) is 6.12. The molecule has 0 bridgehead atoms. The Morgan fingerprint density at radius 2 is 2.46 bits per heavy atom. The summed E-state index contributed by atoms with van der Waals surface area (Å²) in [6.07, 6.45) is 0.674. The van der Waals surface area contributed by atoms with Crippen LogP contribution in [-0.2, 0) is 0 Å². The van der Waals surface area contributed by atoms with Gasteiger partial charge in [-0.1, -0.05) is 11.8 Å². The third-order valence-corrected chi connectivity index (χ3v) is 2.49. The van der Waals surface area contributed by atoms with Gasteiger partial charge in [0.05, 0.1) is 4.88 Å². The zero-order chi connectivity index (χ0) is 9.68. The van der Waals surface area contributed by atoms with Gasteiger partial charge in [0.15, 0.2) is 5.78 Å². The number of carbonyl (C=O) groups excluding carboxylic acids is 1. The molecular weight excluding hydrogens is 182 g/mol. The Morgan fingerprint density at radius 1 is 1.69 bits per heavy atom. The molecule has 1 rings (SSSR count). The summed E-state index contributed by atoms with van der Waals surface area (Å²) in [6, 6.07) is 1.87. The highest BCUT2D eigenvalue weighted by Gasteiger charge is 2.05. The maximum Gasteiger partial charge on any atom is 0.170 e. The van der Waals surface area contributed by atoms with Crippen molar-refractivity contribution in [1.82, 2.24) is 0 Å². The highest BCUT2D eigenvalue weighted by Crippen LogP contribution is 2.15. The molecule has 0 atom stereocenters. The van der Waals surface area contributed by atoms with Gasteiger partial charge in [0.1, 0.15) is 0 Å². The Morgan fingerprint density at radius 3 is 3.08 bits per heavy atom. The van der Waals surface area contributed by atoms with Gasteiger partial charge in [-0.15, -0.1) is 11.3 Å². The third-order valence-electron chi connectivity index (χ3n) is 1.48. The molecule has 1 heterocycles. The lowest BCUT2D eigenvalue weighted by Gasteiger charge is -1.88. The summed E-state index contributed by atoms with van der Waals surface area (Å²) in [5.74, 6) is 5.92. The van der Waals surface area contributed by atoms with Crippen LogP contribution in [0, 0.1) is 11.8 Å². The minimum absolute atomic E-state index is 0.0760. The smallest absolute Gasteiger partial charge is 0.170 e. The molecule has 0 saturated carbocycles. The van der Waals surface area contributed by atoms with Crippen LogP contribution in [-0.4, -0.2) is 12.3 Å². The molecule has 13 heavy (non-hydrogen) atoms. The second-order valence-corrected chi connectivity index (χ2v) is 3.48. The average molecular weight is 193 g/mol. The van der Waals surface area contributed by atoms with Crippen molar-refractivity contribution in [3.63, 3.8) is 0 Å². The molecule has 0 amide bonds. The largest absolute Gasteiger partial charge is 0.330 e. The van der Waals surface area contributed by atoms with E-state index in [0.29, 0.717) is 13.0 Å². The highest BCUT2D eigenvalue weighted by molar-refractivity contribution is 7.12. The number of carbonyl (C=O) groups is 1. The Labute approximate surface area is 81.8 Å². The minimum Gasteiger partial charge on any atom is -0.330 e. The number of hydrogen-bond acceptors (Lipinski definition) is 3. The first-order valence-corrected chi connectivity index (χ1v) is 4.91. The summed E-state index contributed by atoms with van der Waals surface area (Å²) in [5, 5.41) is 1.88. The van der Waals surface area contributed by atoms with E-state index in [-0.39, 0.29) is 5.78 Å². The molecule has 0 aliphatic heterocycles. The topological polar surface area (TPSA) is 43.1 Å². The fourth-order valence-corrected chi connectivity index (χ4v) is 1.66. The van der Waals surface area contributed by atoms with Crippen molar-refractivity contribution in [2.24, 2.45) is 5.73 Å². The monoisotopic (exact) mass is 193 g/mol. The van der Waals surface area contributed by atoms with Gasteiger partial charge in [-0.05, 0) is 18.4 Å². The van der Waals surface area contributed by atoms with Crippen molar-refractivity contribution < 1.29 is 4.79 Å². The van der Waals surface area contributed by atoms with Crippen molar-refractivity contribution >= 4 is 17.1 Å². The Hall–Kier alpha value is -1.11. The van der Waals surface area contributed by atoms with E-state index in [1.54, 1.807) is 6.92 Å². The number of hydrogen-bond donors (Lipinski definition) is 1. The van der Waals surface area contributed by atoms with Gasteiger partial charge in [0, 0.05) is 18.5 Å². The van der Waals surface area contributed by atoms with Gasteiger partial charge < -0.3 is 5.73 Å². The summed E-state index contributed by atoms with van der Waals surface area (Å²) >= 11 is 1.43. The lowest BCUT2D eigenvalue weighted by molar-refractivity contribution is 0.102. The highest BCUT2D eigenvalue weighted by atomic mass is 32.1. The average Bonchev–Trinajstić information content (AvgIpc) is 2.53. The molecule has 2 N–H and O–H groups in total. The minimum atomic E-state index is 0.0760. The van der Waals surface area contributed by atoms with Crippen molar-refractivity contribution in [3.05, 3.63) is 21.9 Å². The van der Waals surface area contributed by atoms with Crippen molar-refractivity contribution in [3.8, 4) is 11.8 Å². The third kappa shape index (κ3) is 2.69. The van der Waals surface area contributed by atoms with Gasteiger partial charge in [-0.25, -0.2) is 0 Å². The molecular formula is C10H11NOS. The summed E-state index contributed by atoms with van der Waals surface area (Å²) in [4.78, 5) is 11.8. The number of Topliss-reactive ketones (excluding diaryl/α,β-unsaturated/α-hetero) is 1. The Bertz CT molecular complexity index is 356. The van der Waals surface area contributed by atoms with Crippen LogP contribution in [0.4, 0.5) is 0 Å². The fourth-order valence-electron chi connectivity index (χ4n) is 0.910. The second-order valence-electron chi connectivity index (χ2n) is 2.56. The van der Waals surface area contributed by atoms with E-state index < -0.39 is 0 Å². The van der Waals surface area contributed by atoms with E-state index in [1.165, 1.54) is 11.3 Å². The molecule has 0 aromatic carbocycles. The second kappa shape index (κ2) is 4.80. The molecule has 3 heteroatoms. The molecule has 1 aromatic heterocycles. The van der Waals surface area contributed by atoms with Crippen molar-refractivity contribution in [2.75, 3.05) is 6.54 Å². The first kappa shape index (κ1) is 9.97. The SMILES string of the molecule is CC(=O)c1sccc1C#CCCN. The first-order chi connectivity index (χ1) is 6.25. The Balaban J connectivity index is 2.84. The molecule has 0 aliphatic carbocycles. The van der Waals surface area contributed by atoms with Crippen LogP contribution in [0.25, 0.3) is 0 Å². The maximum absolute atomic E-state index is 11.1. The van der Waals surface area contributed by atoms with Gasteiger partial charge in [0.2, 0.25) is 0 Å². The van der Waals surface area contributed by atoms with E-state index in [9.17, 15) is 4.79 Å². The van der Waals surface area contributed by atoms with Gasteiger partial charge in [-0.3, -0.25) is 4.79 Å². The summed E-state index contributed by atoms with van der Waals surface area (Å²) in [7, 11) is 0. The van der Waals surface area contributed by atoms with Crippen LogP contribution in [0.3, 0.4) is 0 Å². The summed E-state index contributed by atoms with van der Waals surface area (Å²) in [6.45, 7) is 2.12. The summed E-state index contributed by atoms with van der Waals surface area (Å²) < 4.78 is 0. The van der Waals surface area contributed by atoms with Crippen LogP contribution in [0.1, 0.15) is 28.6 Å². The van der Waals surface area contributed by atoms with Crippen molar-refractivity contribution in [2.45, 2.75) is 13.3 Å². The van der Waals surface area contributed by atoms with Crippen LogP contribution in [0.2, 0.25) is 0 Å². The molecule has 2 nitrogen and oxygen atoms in total. The van der Waals surface area contributed by atoms with E-state index >= 15 is 0 Å². The number of nitrogens with two attached hydrogens (primary N) is 1. The normalized spacial score (nSPS) is 9.08. The molecule has 0 spiro atoms. The number of rotatable bonds is 2. The number of thiophene rings is 1. The Kier molecular flexibility index (Phi) is 3.69. The molecule has 0 aliphatic rings. The quantitative estimate of drug-likeness (QED) is 0.573. The molecule has 0 unspecified atom stereocenters. The predicted molar refractivity (Wildman–Crippen MR) is 54.9 cm³/mol. The predicted octanol–water partition coefficient (Wildman–Crippen LogP) is 1.65. The van der Waals surface area contributed by atoms with Gasteiger partial charge in [0.25, 0.3) is 0 Å². The molecule has 1 aromatic rings. The zero-order valence-electron chi connectivity index (χ0n) is 7.46. The molecule has 0 radical (unpaired) electrons. The first-order valence-electron chi connectivity index (χ1n) is 4.03. The molecule has 0 fully saturated rings. The maximum atomic E-state index is 11.1. The van der Waals surface area contributed by atoms with Crippen LogP contribution in [0.5, 0.6) is 0 Å². The van der Waals surface area contributed by atoms with Crippen molar-refractivity contribution in [1.29, 1.82) is 0 Å². The van der Waals surface area contributed by atoms with Crippen LogP contribution < -0.4 is 5.73 Å². The fraction of sp³-hybridized carbons (Fsp3) is 0.300. The van der Waals surface area contributed by atoms with Crippen LogP contribution in [0.15, 0.2) is 11.4 Å². The zero-order valence-corrected chi connectivity index (χ0v) is 8.28. The van der Waals surface area contributed by atoms with Gasteiger partial charge >= 0.3 is 0 Å². The van der Waals surface area contributed by atoms with Crippen LogP contribution >= 0.6 is 11.3 Å². The lowest BCUT2D eigenvalue weighted by atomic mass is 10.2. The molecule has 0 saturated heterocycles. The standard InChI is InChI=1S/C10H11NOS/c1-8(12)10-9(5-7-13-10)4-2-3-6-11/h5,7H,3,6,11H2,1H3. The number of ketones is 1.